The molecule has 5 nitrogen and oxygen atoms in total. The standard InChI is InChI=1S/C11H12N2O3/c1-7(14)11-8-4-2-3-5-9(8)13(12-11)6-10(15)16/h2-5,7,14H,6H2,1H3,(H,15,16). The maximum atomic E-state index is 10.7. The van der Waals surface area contributed by atoms with Crippen LogP contribution in [0.5, 0.6) is 0 Å². The van der Waals surface area contributed by atoms with E-state index in [9.17, 15) is 9.90 Å². The first-order valence-corrected chi connectivity index (χ1v) is 4.95. The van der Waals surface area contributed by atoms with E-state index >= 15 is 0 Å². The molecule has 1 atom stereocenters. The Morgan fingerprint density at radius 2 is 2.19 bits per heavy atom. The lowest BCUT2D eigenvalue weighted by atomic mass is 10.1. The molecule has 84 valence electrons. The molecule has 2 rings (SSSR count). The maximum absolute atomic E-state index is 10.7. The normalized spacial score (nSPS) is 12.9. The summed E-state index contributed by atoms with van der Waals surface area (Å²) in [4.78, 5) is 10.7. The molecule has 1 aromatic heterocycles. The zero-order chi connectivity index (χ0) is 11.7. The molecule has 1 heterocycles. The van der Waals surface area contributed by atoms with Gasteiger partial charge in [0.25, 0.3) is 0 Å². The number of aliphatic carboxylic acids is 1. The summed E-state index contributed by atoms with van der Waals surface area (Å²) in [6, 6.07) is 7.26. The van der Waals surface area contributed by atoms with Gasteiger partial charge in [-0.3, -0.25) is 9.48 Å². The van der Waals surface area contributed by atoms with E-state index in [0.29, 0.717) is 5.69 Å². The van der Waals surface area contributed by atoms with Gasteiger partial charge in [-0.25, -0.2) is 0 Å². The number of hydrogen-bond acceptors (Lipinski definition) is 3. The van der Waals surface area contributed by atoms with E-state index in [1.807, 2.05) is 18.2 Å². The lowest BCUT2D eigenvalue weighted by Gasteiger charge is -1.98. The molecule has 2 aromatic rings. The summed E-state index contributed by atoms with van der Waals surface area (Å²) in [6.45, 7) is 1.41. The van der Waals surface area contributed by atoms with Crippen molar-refractivity contribution >= 4 is 16.9 Å². The molecule has 0 bridgehead atoms. The van der Waals surface area contributed by atoms with Crippen molar-refractivity contribution in [2.45, 2.75) is 19.6 Å². The van der Waals surface area contributed by atoms with Gasteiger partial charge >= 0.3 is 5.97 Å². The van der Waals surface area contributed by atoms with E-state index < -0.39 is 12.1 Å². The van der Waals surface area contributed by atoms with Crippen LogP contribution in [0.1, 0.15) is 18.7 Å². The summed E-state index contributed by atoms with van der Waals surface area (Å²) in [6.07, 6.45) is -0.708. The number of aliphatic hydroxyl groups excluding tert-OH is 1. The van der Waals surface area contributed by atoms with Crippen LogP contribution in [0, 0.1) is 0 Å². The van der Waals surface area contributed by atoms with Crippen LogP contribution in [0.4, 0.5) is 0 Å². The predicted octanol–water partition coefficient (Wildman–Crippen LogP) is 1.17. The molecule has 2 N–H and O–H groups in total. The number of carbonyl (C=O) groups is 1. The highest BCUT2D eigenvalue weighted by Crippen LogP contribution is 2.23. The molecule has 0 aliphatic carbocycles. The van der Waals surface area contributed by atoms with Gasteiger partial charge in [-0.05, 0) is 13.0 Å². The Morgan fingerprint density at radius 1 is 1.50 bits per heavy atom. The van der Waals surface area contributed by atoms with Gasteiger partial charge in [-0.2, -0.15) is 5.10 Å². The minimum Gasteiger partial charge on any atom is -0.480 e. The topological polar surface area (TPSA) is 75.4 Å². The molecule has 5 heteroatoms. The van der Waals surface area contributed by atoms with Crippen LogP contribution in [-0.2, 0) is 11.3 Å². The Kier molecular flexibility index (Phi) is 2.62. The first kappa shape index (κ1) is 10.6. The third-order valence-corrected chi connectivity index (χ3v) is 2.37. The molecule has 0 fully saturated rings. The largest absolute Gasteiger partial charge is 0.480 e. The number of aliphatic hydroxyl groups is 1. The van der Waals surface area contributed by atoms with Gasteiger partial charge in [0.2, 0.25) is 0 Å². The van der Waals surface area contributed by atoms with Crippen molar-refractivity contribution < 1.29 is 15.0 Å². The summed E-state index contributed by atoms with van der Waals surface area (Å²) in [7, 11) is 0. The molecule has 16 heavy (non-hydrogen) atoms. The van der Waals surface area contributed by atoms with Crippen molar-refractivity contribution in [1.82, 2.24) is 9.78 Å². The smallest absolute Gasteiger partial charge is 0.325 e. The number of benzene rings is 1. The van der Waals surface area contributed by atoms with E-state index in [1.165, 1.54) is 4.68 Å². The quantitative estimate of drug-likeness (QED) is 0.814. The van der Waals surface area contributed by atoms with Crippen LogP contribution >= 0.6 is 0 Å². The number of nitrogens with zero attached hydrogens (tertiary/aromatic N) is 2. The van der Waals surface area contributed by atoms with Crippen molar-refractivity contribution in [3.05, 3.63) is 30.0 Å². The molecule has 0 saturated carbocycles. The summed E-state index contributed by atoms with van der Waals surface area (Å²) in [5.74, 6) is -0.953. The molecule has 0 amide bonds. The van der Waals surface area contributed by atoms with E-state index in [0.717, 1.165) is 10.9 Å². The number of carboxylic acids is 1. The molecule has 0 aliphatic heterocycles. The number of fused-ring (bicyclic) bond motifs is 1. The summed E-state index contributed by atoms with van der Waals surface area (Å²) < 4.78 is 1.39. The van der Waals surface area contributed by atoms with Gasteiger partial charge in [0.15, 0.2) is 0 Å². The SMILES string of the molecule is CC(O)c1nn(CC(=O)O)c2ccccc12. The number of aromatic nitrogens is 2. The highest BCUT2D eigenvalue weighted by Gasteiger charge is 2.14. The molecule has 0 aliphatic rings. The van der Waals surface area contributed by atoms with E-state index in [4.69, 9.17) is 5.11 Å². The average Bonchev–Trinajstić information content (AvgIpc) is 2.57. The monoisotopic (exact) mass is 220 g/mol. The predicted molar refractivity (Wildman–Crippen MR) is 58.0 cm³/mol. The zero-order valence-electron chi connectivity index (χ0n) is 8.79. The first-order chi connectivity index (χ1) is 7.59. The van der Waals surface area contributed by atoms with Crippen molar-refractivity contribution in [1.29, 1.82) is 0 Å². The molecule has 1 aromatic carbocycles. The molecular formula is C11H12N2O3. The van der Waals surface area contributed by atoms with Crippen molar-refractivity contribution in [3.8, 4) is 0 Å². The van der Waals surface area contributed by atoms with Crippen molar-refractivity contribution in [2.75, 3.05) is 0 Å². The Morgan fingerprint density at radius 3 is 2.81 bits per heavy atom. The Balaban J connectivity index is 2.62. The second-order valence-electron chi connectivity index (χ2n) is 3.63. The summed E-state index contributed by atoms with van der Waals surface area (Å²) >= 11 is 0. The number of hydrogen-bond donors (Lipinski definition) is 2. The fourth-order valence-corrected chi connectivity index (χ4v) is 1.71. The van der Waals surface area contributed by atoms with Crippen LogP contribution in [-0.4, -0.2) is 26.0 Å². The molecule has 0 radical (unpaired) electrons. The van der Waals surface area contributed by atoms with Crippen LogP contribution in [0.15, 0.2) is 24.3 Å². The lowest BCUT2D eigenvalue weighted by molar-refractivity contribution is -0.137. The van der Waals surface area contributed by atoms with Gasteiger partial charge in [0.1, 0.15) is 6.54 Å². The fraction of sp³-hybridized carbons (Fsp3) is 0.273. The first-order valence-electron chi connectivity index (χ1n) is 4.95. The van der Waals surface area contributed by atoms with Gasteiger partial charge in [0.05, 0.1) is 17.3 Å². The fourth-order valence-electron chi connectivity index (χ4n) is 1.71. The molecule has 1 unspecified atom stereocenters. The highest BCUT2D eigenvalue weighted by molar-refractivity contribution is 5.83. The van der Waals surface area contributed by atoms with Crippen molar-refractivity contribution in [3.63, 3.8) is 0 Å². The second-order valence-corrected chi connectivity index (χ2v) is 3.63. The molecular weight excluding hydrogens is 208 g/mol. The minimum absolute atomic E-state index is 0.201. The van der Waals surface area contributed by atoms with Gasteiger partial charge in [0, 0.05) is 5.39 Å². The van der Waals surface area contributed by atoms with Crippen LogP contribution in [0.3, 0.4) is 0 Å². The minimum atomic E-state index is -0.953. The van der Waals surface area contributed by atoms with Gasteiger partial charge in [-0.1, -0.05) is 18.2 Å². The zero-order valence-corrected chi connectivity index (χ0v) is 8.79. The summed E-state index contributed by atoms with van der Waals surface area (Å²) in [5.41, 5.74) is 1.23. The Bertz CT molecular complexity index is 531. The van der Waals surface area contributed by atoms with E-state index in [1.54, 1.807) is 13.0 Å². The van der Waals surface area contributed by atoms with E-state index in [-0.39, 0.29) is 6.54 Å². The van der Waals surface area contributed by atoms with Crippen molar-refractivity contribution in [2.24, 2.45) is 0 Å². The highest BCUT2D eigenvalue weighted by atomic mass is 16.4. The molecule has 0 saturated heterocycles. The lowest BCUT2D eigenvalue weighted by Crippen LogP contribution is -2.10. The van der Waals surface area contributed by atoms with E-state index in [2.05, 4.69) is 5.10 Å². The van der Waals surface area contributed by atoms with Crippen LogP contribution in [0.25, 0.3) is 10.9 Å². The number of para-hydroxylation sites is 1. The Labute approximate surface area is 91.9 Å². The van der Waals surface area contributed by atoms with Crippen LogP contribution < -0.4 is 0 Å². The van der Waals surface area contributed by atoms with Crippen LogP contribution in [0.2, 0.25) is 0 Å². The number of rotatable bonds is 3. The Hall–Kier alpha value is -1.88. The van der Waals surface area contributed by atoms with Gasteiger partial charge < -0.3 is 10.2 Å². The maximum Gasteiger partial charge on any atom is 0.325 e. The second kappa shape index (κ2) is 3.94. The third kappa shape index (κ3) is 1.77. The summed E-state index contributed by atoms with van der Waals surface area (Å²) in [5, 5.41) is 23.2. The number of carboxylic acid groups (broad SMARTS) is 1. The average molecular weight is 220 g/mol. The van der Waals surface area contributed by atoms with Gasteiger partial charge in [-0.15, -0.1) is 0 Å². The molecule has 0 spiro atoms. The third-order valence-electron chi connectivity index (χ3n) is 2.37.